The Kier molecular flexibility index (Phi) is 4.64. The highest BCUT2D eigenvalue weighted by molar-refractivity contribution is 6.09. The highest BCUT2D eigenvalue weighted by Gasteiger charge is 2.71. The predicted octanol–water partition coefficient (Wildman–Crippen LogP) is 3.42. The molecule has 1 spiro atoms. The molecule has 5 aliphatic rings. The lowest BCUT2D eigenvalue weighted by Crippen LogP contribution is -2.73. The zero-order valence-corrected chi connectivity index (χ0v) is 20.2. The topological polar surface area (TPSA) is 54.8 Å². The van der Waals surface area contributed by atoms with Crippen LogP contribution < -0.4 is 0 Å². The van der Waals surface area contributed by atoms with Gasteiger partial charge in [-0.1, -0.05) is 19.1 Å². The summed E-state index contributed by atoms with van der Waals surface area (Å²) >= 11 is 0. The molecule has 1 amide bonds. The number of fused-ring (bicyclic) bond motifs is 1. The van der Waals surface area contributed by atoms with Crippen LogP contribution in [0.3, 0.4) is 0 Å². The summed E-state index contributed by atoms with van der Waals surface area (Å²) in [5, 5.41) is 0. The fourth-order valence-electron chi connectivity index (χ4n) is 6.33. The lowest BCUT2D eigenvalue weighted by atomic mass is 9.82. The van der Waals surface area contributed by atoms with Crippen molar-refractivity contribution in [3.63, 3.8) is 0 Å². The molecule has 1 aromatic carbocycles. The van der Waals surface area contributed by atoms with Gasteiger partial charge in [0.25, 0.3) is 5.92 Å². The number of carbonyl (C=O) groups excluding carboxylic acids is 1. The Bertz CT molecular complexity index is 1160. The summed E-state index contributed by atoms with van der Waals surface area (Å²) in [6.45, 7) is 3.93. The van der Waals surface area contributed by atoms with Gasteiger partial charge < -0.3 is 14.7 Å². The van der Waals surface area contributed by atoms with Gasteiger partial charge in [0.2, 0.25) is 11.9 Å². The number of guanidine groups is 1. The van der Waals surface area contributed by atoms with Crippen molar-refractivity contribution in [2.24, 2.45) is 15.9 Å². The SMILES string of the molecule is CC1N=C(N2C=CN(C)C2c2ccc(F)cc2)N=C2C1N(C)C(=O)[C@@]1(C[C@@H]1C)N2C1CC(F)(F)C1. The van der Waals surface area contributed by atoms with Crippen LogP contribution >= 0.6 is 0 Å². The molecule has 0 bridgehead atoms. The Labute approximate surface area is 202 Å². The summed E-state index contributed by atoms with van der Waals surface area (Å²) in [4.78, 5) is 30.9. The minimum absolute atomic E-state index is 0.0281. The van der Waals surface area contributed by atoms with E-state index in [-0.39, 0.29) is 42.7 Å². The molecule has 3 aliphatic heterocycles. The Morgan fingerprint density at radius 1 is 1.03 bits per heavy atom. The molecule has 2 saturated carbocycles. The summed E-state index contributed by atoms with van der Waals surface area (Å²) in [5.41, 5.74) is 0.0665. The van der Waals surface area contributed by atoms with E-state index in [0.29, 0.717) is 18.2 Å². The maximum Gasteiger partial charge on any atom is 0.252 e. The number of benzene rings is 1. The van der Waals surface area contributed by atoms with Gasteiger partial charge in [-0.05, 0) is 37.0 Å². The first-order valence-electron chi connectivity index (χ1n) is 12.1. The van der Waals surface area contributed by atoms with Crippen LogP contribution in [0, 0.1) is 11.7 Å². The molecular formula is C25H29F3N6O. The Morgan fingerprint density at radius 2 is 1.69 bits per heavy atom. The first kappa shape index (κ1) is 22.4. The number of amides is 1. The third-order valence-electron chi connectivity index (χ3n) is 8.26. The van der Waals surface area contributed by atoms with Crippen LogP contribution in [-0.4, -0.2) is 81.0 Å². The molecule has 186 valence electrons. The zero-order chi connectivity index (χ0) is 24.9. The standard InChI is InChI=1S/C25H29F3N6O/c1-14-11-25(14)22(35)32(4)19-15(2)29-23(30-20(19)34(25)18-12-24(27,28)13-18)33-10-9-31(3)21(33)16-5-7-17(26)8-6-16/h5-10,14-15,18-19,21H,11-13H2,1-4H3/t14-,15?,19?,21?,25-/m0/s1. The summed E-state index contributed by atoms with van der Waals surface area (Å²) in [7, 11) is 3.69. The van der Waals surface area contributed by atoms with E-state index in [1.807, 2.05) is 48.0 Å². The molecule has 1 saturated heterocycles. The van der Waals surface area contributed by atoms with Gasteiger partial charge in [0.1, 0.15) is 29.4 Å². The Balaban J connectivity index is 1.41. The minimum atomic E-state index is -2.71. The smallest absolute Gasteiger partial charge is 0.252 e. The number of nitrogens with zero attached hydrogens (tertiary/aromatic N) is 6. The van der Waals surface area contributed by atoms with Gasteiger partial charge in [-0.3, -0.25) is 9.69 Å². The number of carbonyl (C=O) groups is 1. The van der Waals surface area contributed by atoms with Crippen molar-refractivity contribution in [1.82, 2.24) is 19.6 Å². The number of halogens is 3. The first-order valence-corrected chi connectivity index (χ1v) is 12.1. The van der Waals surface area contributed by atoms with E-state index in [1.165, 1.54) is 12.1 Å². The quantitative estimate of drug-likeness (QED) is 0.643. The molecule has 10 heteroatoms. The second-order valence-corrected chi connectivity index (χ2v) is 10.6. The average Bonchev–Trinajstić information content (AvgIpc) is 3.28. The molecule has 3 heterocycles. The van der Waals surface area contributed by atoms with E-state index >= 15 is 0 Å². The molecule has 1 aromatic rings. The van der Waals surface area contributed by atoms with E-state index in [4.69, 9.17) is 9.98 Å². The number of hydrogen-bond acceptors (Lipinski definition) is 6. The van der Waals surface area contributed by atoms with E-state index in [0.717, 1.165) is 5.56 Å². The molecule has 3 unspecified atom stereocenters. The first-order chi connectivity index (χ1) is 16.5. The van der Waals surface area contributed by atoms with Crippen molar-refractivity contribution in [2.45, 2.75) is 68.9 Å². The number of amidine groups is 1. The number of alkyl halides is 2. The van der Waals surface area contributed by atoms with Gasteiger partial charge in [-0.2, -0.15) is 4.99 Å². The maximum absolute atomic E-state index is 14.0. The molecule has 2 aliphatic carbocycles. The lowest BCUT2D eigenvalue weighted by Gasteiger charge is -2.55. The van der Waals surface area contributed by atoms with Crippen LogP contribution in [0.15, 0.2) is 46.7 Å². The largest absolute Gasteiger partial charge is 0.355 e. The van der Waals surface area contributed by atoms with E-state index in [1.54, 1.807) is 24.1 Å². The predicted molar refractivity (Wildman–Crippen MR) is 125 cm³/mol. The Morgan fingerprint density at radius 3 is 2.29 bits per heavy atom. The lowest BCUT2D eigenvalue weighted by molar-refractivity contribution is -0.153. The van der Waals surface area contributed by atoms with Gasteiger partial charge >= 0.3 is 0 Å². The summed E-state index contributed by atoms with van der Waals surface area (Å²) in [6, 6.07) is 5.16. The van der Waals surface area contributed by atoms with Crippen molar-refractivity contribution >= 4 is 17.7 Å². The summed E-state index contributed by atoms with van der Waals surface area (Å²) < 4.78 is 41.5. The molecule has 5 atom stereocenters. The molecule has 3 fully saturated rings. The van der Waals surface area contributed by atoms with Crippen molar-refractivity contribution < 1.29 is 18.0 Å². The van der Waals surface area contributed by atoms with Gasteiger partial charge in [0.05, 0.1) is 6.04 Å². The third-order valence-corrected chi connectivity index (χ3v) is 8.26. The molecule has 35 heavy (non-hydrogen) atoms. The maximum atomic E-state index is 14.0. The van der Waals surface area contributed by atoms with E-state index in [2.05, 4.69) is 0 Å². The number of piperazine rings is 1. The number of likely N-dealkylation sites (N-methyl/N-ethyl adjacent to an activating group) is 1. The molecule has 7 nitrogen and oxygen atoms in total. The van der Waals surface area contributed by atoms with Gasteiger partial charge in [0, 0.05) is 45.4 Å². The summed E-state index contributed by atoms with van der Waals surface area (Å²) in [5.74, 6) is -1.88. The van der Waals surface area contributed by atoms with Crippen LogP contribution in [0.5, 0.6) is 0 Å². The Hall–Kier alpha value is -3.04. The molecule has 6 rings (SSSR count). The highest BCUT2D eigenvalue weighted by Crippen LogP contribution is 2.57. The monoisotopic (exact) mass is 486 g/mol. The molecule has 0 radical (unpaired) electrons. The fraction of sp³-hybridized carbons (Fsp3) is 0.560. The van der Waals surface area contributed by atoms with Gasteiger partial charge in [-0.15, -0.1) is 0 Å². The normalized spacial score (nSPS) is 35.8. The third kappa shape index (κ3) is 3.14. The van der Waals surface area contributed by atoms with Crippen molar-refractivity contribution in [3.8, 4) is 0 Å². The van der Waals surface area contributed by atoms with E-state index < -0.39 is 23.5 Å². The highest BCUT2D eigenvalue weighted by atomic mass is 19.3. The average molecular weight is 487 g/mol. The number of rotatable bonds is 2. The number of aliphatic imine (C=N–C) groups is 2. The van der Waals surface area contributed by atoms with Crippen LogP contribution in [0.25, 0.3) is 0 Å². The van der Waals surface area contributed by atoms with Crippen LogP contribution in [0.4, 0.5) is 13.2 Å². The second-order valence-electron chi connectivity index (χ2n) is 10.6. The van der Waals surface area contributed by atoms with E-state index in [9.17, 15) is 18.0 Å². The molecule has 0 aromatic heterocycles. The molecule has 0 N–H and O–H groups in total. The van der Waals surface area contributed by atoms with Crippen molar-refractivity contribution in [3.05, 3.63) is 48.0 Å². The zero-order valence-electron chi connectivity index (χ0n) is 20.2. The summed E-state index contributed by atoms with van der Waals surface area (Å²) in [6.07, 6.45) is 3.60. The van der Waals surface area contributed by atoms with Crippen molar-refractivity contribution in [1.29, 1.82) is 0 Å². The van der Waals surface area contributed by atoms with Crippen molar-refractivity contribution in [2.75, 3.05) is 14.1 Å². The number of hydrogen-bond donors (Lipinski definition) is 0. The van der Waals surface area contributed by atoms with Gasteiger partial charge in [0.15, 0.2) is 0 Å². The second kappa shape index (κ2) is 7.24. The molecular weight excluding hydrogens is 457 g/mol. The van der Waals surface area contributed by atoms with Crippen LogP contribution in [0.2, 0.25) is 0 Å². The van der Waals surface area contributed by atoms with Gasteiger partial charge in [-0.25, -0.2) is 18.2 Å². The van der Waals surface area contributed by atoms with Crippen LogP contribution in [-0.2, 0) is 4.79 Å². The van der Waals surface area contributed by atoms with Crippen LogP contribution in [0.1, 0.15) is 44.8 Å². The fourth-order valence-corrected chi connectivity index (χ4v) is 6.33. The minimum Gasteiger partial charge on any atom is -0.355 e.